The number of aromatic nitrogens is 1. The first-order valence-corrected chi connectivity index (χ1v) is 7.39. The van der Waals surface area contributed by atoms with Crippen molar-refractivity contribution in [2.45, 2.75) is 25.1 Å². The molecule has 90 valence electrons. The van der Waals surface area contributed by atoms with Crippen LogP contribution in [0.25, 0.3) is 0 Å². The molecule has 6 heteroatoms. The molecule has 1 rings (SSSR count). The Hall–Kier alpha value is -0.460. The summed E-state index contributed by atoms with van der Waals surface area (Å²) < 4.78 is 24.4. The molecule has 1 heterocycles. The van der Waals surface area contributed by atoms with E-state index in [0.717, 1.165) is 4.47 Å². The highest BCUT2D eigenvalue weighted by Gasteiger charge is 2.22. The zero-order valence-electron chi connectivity index (χ0n) is 9.27. The van der Waals surface area contributed by atoms with Crippen LogP contribution in [0.1, 0.15) is 19.5 Å². The summed E-state index contributed by atoms with van der Waals surface area (Å²) in [4.78, 5) is 4.03. The predicted molar refractivity (Wildman–Crippen MR) is 67.7 cm³/mol. The highest BCUT2D eigenvalue weighted by atomic mass is 79.9. The molecule has 0 atom stereocenters. The van der Waals surface area contributed by atoms with Gasteiger partial charge in [0.25, 0.3) is 0 Å². The number of hydrogen-bond acceptors (Lipinski definition) is 4. The summed E-state index contributed by atoms with van der Waals surface area (Å²) >= 11 is 3.24. The maximum Gasteiger partial charge on any atom is 0.157 e. The minimum atomic E-state index is -3.21. The third kappa shape index (κ3) is 5.05. The second kappa shape index (κ2) is 4.81. The van der Waals surface area contributed by atoms with Crippen molar-refractivity contribution >= 4 is 25.8 Å². The summed E-state index contributed by atoms with van der Waals surface area (Å²) in [6, 6.07) is 3.45. The first-order chi connectivity index (χ1) is 7.18. The quantitative estimate of drug-likeness (QED) is 0.915. The van der Waals surface area contributed by atoms with E-state index in [4.69, 9.17) is 5.73 Å². The van der Waals surface area contributed by atoms with Gasteiger partial charge in [-0.25, -0.2) is 8.42 Å². The Labute approximate surface area is 104 Å². The van der Waals surface area contributed by atoms with E-state index in [2.05, 4.69) is 20.9 Å². The molecule has 0 spiro atoms. The van der Waals surface area contributed by atoms with E-state index in [1.54, 1.807) is 32.2 Å². The van der Waals surface area contributed by atoms with Crippen LogP contribution in [0.5, 0.6) is 0 Å². The van der Waals surface area contributed by atoms with Crippen LogP contribution in [0.4, 0.5) is 0 Å². The monoisotopic (exact) mass is 306 g/mol. The minimum Gasteiger partial charge on any atom is -0.325 e. The van der Waals surface area contributed by atoms with Gasteiger partial charge < -0.3 is 5.73 Å². The number of pyridine rings is 1. The molecule has 2 N–H and O–H groups in total. The van der Waals surface area contributed by atoms with Crippen LogP contribution in [0.15, 0.2) is 22.8 Å². The molecule has 0 amide bonds. The summed E-state index contributed by atoms with van der Waals surface area (Å²) in [5.41, 5.74) is 5.51. The van der Waals surface area contributed by atoms with Crippen LogP contribution >= 0.6 is 15.9 Å². The van der Waals surface area contributed by atoms with Crippen molar-refractivity contribution in [3.63, 3.8) is 0 Å². The lowest BCUT2D eigenvalue weighted by molar-refractivity contribution is 0.543. The van der Waals surface area contributed by atoms with Gasteiger partial charge in [-0.1, -0.05) is 0 Å². The van der Waals surface area contributed by atoms with Crippen LogP contribution in [-0.4, -0.2) is 24.7 Å². The number of nitrogens with zero attached hydrogens (tertiary/aromatic N) is 1. The van der Waals surface area contributed by atoms with E-state index in [1.807, 2.05) is 0 Å². The first kappa shape index (κ1) is 13.6. The summed E-state index contributed by atoms with van der Waals surface area (Å²) in [7, 11) is -3.21. The topological polar surface area (TPSA) is 73.1 Å². The summed E-state index contributed by atoms with van der Waals surface area (Å²) in [6.45, 7) is 3.39. The van der Waals surface area contributed by atoms with Crippen molar-refractivity contribution in [2.75, 3.05) is 5.75 Å². The zero-order chi connectivity index (χ0) is 12.4. The maximum absolute atomic E-state index is 11.8. The van der Waals surface area contributed by atoms with Crippen LogP contribution in [-0.2, 0) is 15.6 Å². The van der Waals surface area contributed by atoms with Gasteiger partial charge in [0.05, 0.1) is 17.2 Å². The Morgan fingerprint density at radius 1 is 1.44 bits per heavy atom. The van der Waals surface area contributed by atoms with E-state index in [0.29, 0.717) is 5.69 Å². The van der Waals surface area contributed by atoms with E-state index in [-0.39, 0.29) is 11.5 Å². The van der Waals surface area contributed by atoms with Crippen LogP contribution in [0, 0.1) is 0 Å². The van der Waals surface area contributed by atoms with Gasteiger partial charge >= 0.3 is 0 Å². The van der Waals surface area contributed by atoms with Crippen molar-refractivity contribution in [1.29, 1.82) is 0 Å². The van der Waals surface area contributed by atoms with Gasteiger partial charge in [0.15, 0.2) is 9.84 Å². The Morgan fingerprint density at radius 3 is 2.50 bits per heavy atom. The van der Waals surface area contributed by atoms with Gasteiger partial charge in [-0.05, 0) is 41.9 Å². The second-order valence-corrected chi connectivity index (χ2v) is 7.47. The molecular weight excluding hydrogens is 292 g/mol. The lowest BCUT2D eigenvalue weighted by Crippen LogP contribution is -2.40. The van der Waals surface area contributed by atoms with E-state index >= 15 is 0 Å². The molecule has 0 saturated carbocycles. The highest BCUT2D eigenvalue weighted by Crippen LogP contribution is 2.12. The number of halogens is 1. The molecule has 0 aliphatic rings. The highest BCUT2D eigenvalue weighted by molar-refractivity contribution is 9.10. The number of sulfone groups is 1. The number of hydrogen-bond donors (Lipinski definition) is 1. The largest absolute Gasteiger partial charge is 0.325 e. The average Bonchev–Trinajstić information content (AvgIpc) is 2.04. The lowest BCUT2D eigenvalue weighted by Gasteiger charge is -2.17. The molecule has 0 unspecified atom stereocenters. The molecule has 0 radical (unpaired) electrons. The fourth-order valence-corrected chi connectivity index (χ4v) is 3.43. The van der Waals surface area contributed by atoms with Crippen LogP contribution in [0.3, 0.4) is 0 Å². The smallest absolute Gasteiger partial charge is 0.157 e. The maximum atomic E-state index is 11.8. The Morgan fingerprint density at radius 2 is 2.06 bits per heavy atom. The van der Waals surface area contributed by atoms with Crippen molar-refractivity contribution < 1.29 is 8.42 Å². The minimum absolute atomic E-state index is 0.0439. The first-order valence-electron chi connectivity index (χ1n) is 4.78. The third-order valence-corrected chi connectivity index (χ3v) is 4.14. The normalized spacial score (nSPS) is 12.8. The number of rotatable bonds is 4. The van der Waals surface area contributed by atoms with Gasteiger partial charge in [0.2, 0.25) is 0 Å². The van der Waals surface area contributed by atoms with Gasteiger partial charge in [-0.3, -0.25) is 4.98 Å². The summed E-state index contributed by atoms with van der Waals surface area (Å²) in [5.74, 6) is -0.112. The standard InChI is InChI=1S/C10H15BrN2O2S/c1-10(2,12)7-16(14,15)6-9-4-3-8(11)5-13-9/h3-5H,6-7,12H2,1-2H3. The lowest BCUT2D eigenvalue weighted by atomic mass is 10.1. The Bertz CT molecular complexity index is 449. The molecule has 0 saturated heterocycles. The third-order valence-electron chi connectivity index (χ3n) is 1.75. The summed E-state index contributed by atoms with van der Waals surface area (Å²) in [5, 5.41) is 0. The second-order valence-electron chi connectivity index (χ2n) is 4.49. The zero-order valence-corrected chi connectivity index (χ0v) is 11.7. The predicted octanol–water partition coefficient (Wildman–Crippen LogP) is 1.50. The van der Waals surface area contributed by atoms with Gasteiger partial charge in [0, 0.05) is 16.2 Å². The molecule has 0 aromatic carbocycles. The molecule has 4 nitrogen and oxygen atoms in total. The van der Waals surface area contributed by atoms with Crippen molar-refractivity contribution in [3.05, 3.63) is 28.5 Å². The molecule has 1 aromatic rings. The van der Waals surface area contributed by atoms with Crippen molar-refractivity contribution in [2.24, 2.45) is 5.73 Å². The van der Waals surface area contributed by atoms with E-state index in [1.165, 1.54) is 0 Å². The Kier molecular flexibility index (Phi) is 4.09. The number of nitrogens with two attached hydrogens (primary N) is 1. The molecule has 0 fully saturated rings. The summed E-state index contributed by atoms with van der Waals surface area (Å²) in [6.07, 6.45) is 1.58. The molecule has 0 bridgehead atoms. The van der Waals surface area contributed by atoms with E-state index in [9.17, 15) is 8.42 Å². The molecule has 0 aliphatic carbocycles. The molecule has 16 heavy (non-hydrogen) atoms. The van der Waals surface area contributed by atoms with Crippen molar-refractivity contribution in [1.82, 2.24) is 4.98 Å². The van der Waals surface area contributed by atoms with Crippen molar-refractivity contribution in [3.8, 4) is 0 Å². The fraction of sp³-hybridized carbons (Fsp3) is 0.500. The van der Waals surface area contributed by atoms with Crippen LogP contribution in [0.2, 0.25) is 0 Å². The molecule has 1 aromatic heterocycles. The van der Waals surface area contributed by atoms with Gasteiger partial charge in [-0.2, -0.15) is 0 Å². The SMILES string of the molecule is CC(C)(N)CS(=O)(=O)Cc1ccc(Br)cn1. The molecule has 0 aliphatic heterocycles. The van der Waals surface area contributed by atoms with Crippen LogP contribution < -0.4 is 5.73 Å². The van der Waals surface area contributed by atoms with E-state index < -0.39 is 15.4 Å². The van der Waals surface area contributed by atoms with Gasteiger partial charge in [-0.15, -0.1) is 0 Å². The van der Waals surface area contributed by atoms with Gasteiger partial charge in [0.1, 0.15) is 0 Å². The fourth-order valence-electron chi connectivity index (χ4n) is 1.33. The molecular formula is C10H15BrN2O2S. The Balaban J connectivity index is 2.77. The average molecular weight is 307 g/mol.